The van der Waals surface area contributed by atoms with Gasteiger partial charge >= 0.3 is 0 Å². The molecule has 3 aromatic rings. The van der Waals surface area contributed by atoms with E-state index in [1.807, 2.05) is 61.2 Å². The Kier molecular flexibility index (Phi) is 7.41. The van der Waals surface area contributed by atoms with Crippen LogP contribution in [0, 0.1) is 20.8 Å². The molecule has 1 aliphatic rings. The predicted molar refractivity (Wildman–Crippen MR) is 137 cm³/mol. The summed E-state index contributed by atoms with van der Waals surface area (Å²) in [5.41, 5.74) is 6.61. The van der Waals surface area contributed by atoms with Crippen LogP contribution < -0.4 is 14.4 Å². The third-order valence-electron chi connectivity index (χ3n) is 6.51. The summed E-state index contributed by atoms with van der Waals surface area (Å²) in [6, 6.07) is 20.1. The van der Waals surface area contributed by atoms with Gasteiger partial charge in [0.2, 0.25) is 0 Å². The van der Waals surface area contributed by atoms with Crippen LogP contribution in [0.4, 0.5) is 5.69 Å². The molecule has 1 fully saturated rings. The van der Waals surface area contributed by atoms with E-state index in [4.69, 9.17) is 9.47 Å². The van der Waals surface area contributed by atoms with Crippen LogP contribution >= 0.6 is 0 Å². The Morgan fingerprint density at radius 1 is 0.882 bits per heavy atom. The van der Waals surface area contributed by atoms with Crippen molar-refractivity contribution >= 4 is 11.6 Å². The van der Waals surface area contributed by atoms with Crippen LogP contribution in [0.3, 0.4) is 0 Å². The summed E-state index contributed by atoms with van der Waals surface area (Å²) < 4.78 is 11.8. The van der Waals surface area contributed by atoms with Crippen LogP contribution in [0.1, 0.15) is 39.5 Å². The zero-order valence-electron chi connectivity index (χ0n) is 20.6. The summed E-state index contributed by atoms with van der Waals surface area (Å²) in [4.78, 5) is 17.6. The lowest BCUT2D eigenvalue weighted by atomic mass is 10.1. The minimum atomic E-state index is 0.0558. The first-order chi connectivity index (χ1) is 16.5. The first-order valence-electron chi connectivity index (χ1n) is 12.0. The Balaban J connectivity index is 1.44. The van der Waals surface area contributed by atoms with Crippen LogP contribution in [0.5, 0.6) is 11.5 Å². The van der Waals surface area contributed by atoms with Crippen molar-refractivity contribution in [2.75, 3.05) is 37.7 Å². The predicted octanol–water partition coefficient (Wildman–Crippen LogP) is 5.55. The molecule has 5 heteroatoms. The minimum absolute atomic E-state index is 0.0558. The summed E-state index contributed by atoms with van der Waals surface area (Å²) in [7, 11) is 0. The Labute approximate surface area is 202 Å². The monoisotopic (exact) mass is 458 g/mol. The summed E-state index contributed by atoms with van der Waals surface area (Å²) >= 11 is 0. The molecule has 1 heterocycles. The molecule has 0 spiro atoms. The highest BCUT2D eigenvalue weighted by Crippen LogP contribution is 2.26. The molecule has 1 amide bonds. The number of hydrogen-bond acceptors (Lipinski definition) is 4. The number of carbonyl (C=O) groups excluding carboxylic acids is 1. The summed E-state index contributed by atoms with van der Waals surface area (Å²) in [6.07, 6.45) is 0. The molecule has 0 saturated carbocycles. The van der Waals surface area contributed by atoms with Crippen molar-refractivity contribution in [3.05, 3.63) is 88.5 Å². The third-order valence-corrected chi connectivity index (χ3v) is 6.51. The second kappa shape index (κ2) is 10.6. The number of hydrogen-bond donors (Lipinski definition) is 0. The van der Waals surface area contributed by atoms with Crippen LogP contribution in [-0.4, -0.2) is 43.6 Å². The van der Waals surface area contributed by atoms with E-state index in [2.05, 4.69) is 36.9 Å². The number of piperazine rings is 1. The second-order valence-electron chi connectivity index (χ2n) is 8.86. The smallest absolute Gasteiger partial charge is 0.253 e. The van der Waals surface area contributed by atoms with E-state index in [-0.39, 0.29) is 5.91 Å². The fourth-order valence-electron chi connectivity index (χ4n) is 4.33. The molecule has 0 atom stereocenters. The van der Waals surface area contributed by atoms with Gasteiger partial charge in [0.15, 0.2) is 0 Å². The zero-order chi connectivity index (χ0) is 24.1. The molecular formula is C29H34N2O3. The lowest BCUT2D eigenvalue weighted by Crippen LogP contribution is -2.49. The molecule has 0 aliphatic carbocycles. The van der Waals surface area contributed by atoms with Gasteiger partial charge in [0.05, 0.1) is 6.61 Å². The first-order valence-corrected chi connectivity index (χ1v) is 12.0. The molecule has 1 aliphatic heterocycles. The Morgan fingerprint density at radius 2 is 1.62 bits per heavy atom. The standard InChI is InChI=1S/C29H34N2O3/c1-5-33-28-14-11-24(19-25(28)20-34-26-12-9-21(2)10-13-26)29(32)31-17-15-30(16-18-31)27-8-6-7-22(3)23(27)4/h6-14,19H,5,15-18,20H2,1-4H3. The largest absolute Gasteiger partial charge is 0.493 e. The van der Waals surface area contributed by atoms with Gasteiger partial charge in [-0.25, -0.2) is 0 Å². The molecule has 0 unspecified atom stereocenters. The number of nitrogens with zero attached hydrogens (tertiary/aromatic N) is 2. The molecular weight excluding hydrogens is 424 g/mol. The summed E-state index contributed by atoms with van der Waals surface area (Å²) in [5, 5.41) is 0. The molecule has 1 saturated heterocycles. The molecule has 34 heavy (non-hydrogen) atoms. The van der Waals surface area contributed by atoms with Crippen LogP contribution in [0.25, 0.3) is 0 Å². The van der Waals surface area contributed by atoms with E-state index < -0.39 is 0 Å². The van der Waals surface area contributed by atoms with Gasteiger partial charge in [-0.15, -0.1) is 0 Å². The van der Waals surface area contributed by atoms with E-state index in [0.717, 1.165) is 30.2 Å². The Bertz CT molecular complexity index is 1130. The normalized spacial score (nSPS) is 13.6. The SMILES string of the molecule is CCOc1ccc(C(=O)N2CCN(c3cccc(C)c3C)CC2)cc1COc1ccc(C)cc1. The van der Waals surface area contributed by atoms with Crippen molar-refractivity contribution in [2.24, 2.45) is 0 Å². The van der Waals surface area contributed by atoms with Crippen molar-refractivity contribution < 1.29 is 14.3 Å². The van der Waals surface area contributed by atoms with Gasteiger partial charge in [-0.2, -0.15) is 0 Å². The van der Waals surface area contributed by atoms with Gasteiger partial charge in [-0.1, -0.05) is 29.8 Å². The summed E-state index contributed by atoms with van der Waals surface area (Å²) in [6.45, 7) is 12.3. The highest BCUT2D eigenvalue weighted by Gasteiger charge is 2.24. The molecule has 3 aromatic carbocycles. The lowest BCUT2D eigenvalue weighted by molar-refractivity contribution is 0.0746. The number of ether oxygens (including phenoxy) is 2. The van der Waals surface area contributed by atoms with E-state index >= 15 is 0 Å². The number of carbonyl (C=O) groups is 1. The number of aryl methyl sites for hydroxylation is 2. The van der Waals surface area contributed by atoms with E-state index in [1.165, 1.54) is 22.4 Å². The second-order valence-corrected chi connectivity index (χ2v) is 8.86. The fourth-order valence-corrected chi connectivity index (χ4v) is 4.33. The first kappa shape index (κ1) is 23.7. The molecule has 0 aromatic heterocycles. The number of rotatable bonds is 7. The topological polar surface area (TPSA) is 42.0 Å². The average Bonchev–Trinajstić information content (AvgIpc) is 2.86. The van der Waals surface area contributed by atoms with Crippen LogP contribution in [0.15, 0.2) is 60.7 Å². The minimum Gasteiger partial charge on any atom is -0.493 e. The summed E-state index contributed by atoms with van der Waals surface area (Å²) in [5.74, 6) is 1.61. The quantitative estimate of drug-likeness (QED) is 0.465. The lowest BCUT2D eigenvalue weighted by Gasteiger charge is -2.37. The molecule has 0 radical (unpaired) electrons. The van der Waals surface area contributed by atoms with E-state index in [9.17, 15) is 4.79 Å². The van der Waals surface area contributed by atoms with Crippen molar-refractivity contribution in [1.29, 1.82) is 0 Å². The highest BCUT2D eigenvalue weighted by atomic mass is 16.5. The van der Waals surface area contributed by atoms with Gasteiger partial charge in [0.1, 0.15) is 18.1 Å². The Hall–Kier alpha value is -3.47. The Morgan fingerprint density at radius 3 is 2.32 bits per heavy atom. The number of benzene rings is 3. The van der Waals surface area contributed by atoms with Crippen molar-refractivity contribution in [1.82, 2.24) is 4.90 Å². The molecule has 0 bridgehead atoms. The highest BCUT2D eigenvalue weighted by molar-refractivity contribution is 5.94. The molecule has 178 valence electrons. The maximum absolute atomic E-state index is 13.3. The van der Waals surface area contributed by atoms with Gasteiger partial charge in [-0.3, -0.25) is 4.79 Å². The fraction of sp³-hybridized carbons (Fsp3) is 0.345. The zero-order valence-corrected chi connectivity index (χ0v) is 20.6. The van der Waals surface area contributed by atoms with E-state index in [1.54, 1.807) is 0 Å². The van der Waals surface area contributed by atoms with Crippen molar-refractivity contribution in [2.45, 2.75) is 34.3 Å². The van der Waals surface area contributed by atoms with Gasteiger partial charge in [0.25, 0.3) is 5.91 Å². The van der Waals surface area contributed by atoms with Gasteiger partial charge in [0, 0.05) is 43.0 Å². The molecule has 0 N–H and O–H groups in total. The van der Waals surface area contributed by atoms with E-state index in [0.29, 0.717) is 31.9 Å². The maximum Gasteiger partial charge on any atom is 0.253 e. The molecule has 4 rings (SSSR count). The van der Waals surface area contributed by atoms with Gasteiger partial charge in [-0.05, 0) is 75.2 Å². The van der Waals surface area contributed by atoms with Crippen molar-refractivity contribution in [3.63, 3.8) is 0 Å². The molecule has 5 nitrogen and oxygen atoms in total. The maximum atomic E-state index is 13.3. The van der Waals surface area contributed by atoms with Crippen LogP contribution in [0.2, 0.25) is 0 Å². The number of amides is 1. The average molecular weight is 459 g/mol. The van der Waals surface area contributed by atoms with Gasteiger partial charge < -0.3 is 19.3 Å². The van der Waals surface area contributed by atoms with Crippen molar-refractivity contribution in [3.8, 4) is 11.5 Å². The van der Waals surface area contributed by atoms with Crippen LogP contribution in [-0.2, 0) is 6.61 Å². The third kappa shape index (κ3) is 5.36. The number of anilines is 1.